The Morgan fingerprint density at radius 3 is 3.05 bits per heavy atom. The monoisotopic (exact) mass is 272 g/mol. The SMILES string of the molecule is CN1CCN(C)C(CNCc2ccc3[nH]ccc3c2)C1. The minimum atomic E-state index is 0.615. The average Bonchev–Trinajstić information content (AvgIpc) is 2.90. The number of likely N-dealkylation sites (N-methyl/N-ethyl adjacent to an activating group) is 2. The minimum Gasteiger partial charge on any atom is -0.361 e. The van der Waals surface area contributed by atoms with Crippen molar-refractivity contribution < 1.29 is 0 Å². The lowest BCUT2D eigenvalue weighted by molar-refractivity contribution is 0.113. The molecule has 1 aromatic heterocycles. The highest BCUT2D eigenvalue weighted by atomic mass is 15.3. The molecule has 0 bridgehead atoms. The second-order valence-corrected chi connectivity index (χ2v) is 5.93. The molecular weight excluding hydrogens is 248 g/mol. The van der Waals surface area contributed by atoms with Crippen molar-refractivity contribution in [2.45, 2.75) is 12.6 Å². The van der Waals surface area contributed by atoms with Gasteiger partial charge in [-0.1, -0.05) is 6.07 Å². The second-order valence-electron chi connectivity index (χ2n) is 5.93. The van der Waals surface area contributed by atoms with Crippen LogP contribution in [0.5, 0.6) is 0 Å². The molecule has 4 heteroatoms. The maximum absolute atomic E-state index is 3.60. The van der Waals surface area contributed by atoms with Crippen molar-refractivity contribution in [1.29, 1.82) is 0 Å². The van der Waals surface area contributed by atoms with Crippen LogP contribution < -0.4 is 5.32 Å². The van der Waals surface area contributed by atoms with Gasteiger partial charge in [0, 0.05) is 50.5 Å². The Balaban J connectivity index is 1.53. The molecule has 1 aromatic carbocycles. The van der Waals surface area contributed by atoms with Crippen LogP contribution >= 0.6 is 0 Å². The van der Waals surface area contributed by atoms with Gasteiger partial charge in [0.05, 0.1) is 0 Å². The molecule has 108 valence electrons. The van der Waals surface area contributed by atoms with Gasteiger partial charge in [0.1, 0.15) is 0 Å². The summed E-state index contributed by atoms with van der Waals surface area (Å²) in [7, 11) is 4.44. The van der Waals surface area contributed by atoms with Gasteiger partial charge in [-0.3, -0.25) is 4.90 Å². The molecule has 0 aliphatic carbocycles. The normalized spacial score (nSPS) is 21.6. The van der Waals surface area contributed by atoms with Gasteiger partial charge in [-0.2, -0.15) is 0 Å². The number of nitrogens with one attached hydrogen (secondary N) is 2. The zero-order valence-electron chi connectivity index (χ0n) is 12.4. The third-order valence-electron chi connectivity index (χ3n) is 4.31. The summed E-state index contributed by atoms with van der Waals surface area (Å²) in [4.78, 5) is 8.11. The van der Waals surface area contributed by atoms with Crippen LogP contribution in [-0.4, -0.2) is 61.1 Å². The van der Waals surface area contributed by atoms with E-state index in [9.17, 15) is 0 Å². The Morgan fingerprint density at radius 2 is 2.15 bits per heavy atom. The van der Waals surface area contributed by atoms with Crippen LogP contribution in [0.15, 0.2) is 30.5 Å². The third kappa shape index (κ3) is 3.03. The van der Waals surface area contributed by atoms with E-state index < -0.39 is 0 Å². The summed E-state index contributed by atoms with van der Waals surface area (Å²) in [6.45, 7) is 5.48. The Labute approximate surface area is 120 Å². The predicted octanol–water partition coefficient (Wildman–Crippen LogP) is 1.50. The fraction of sp³-hybridized carbons (Fsp3) is 0.500. The summed E-state index contributed by atoms with van der Waals surface area (Å²) >= 11 is 0. The van der Waals surface area contributed by atoms with E-state index in [1.807, 2.05) is 6.20 Å². The molecule has 4 nitrogen and oxygen atoms in total. The van der Waals surface area contributed by atoms with E-state index in [0.717, 1.165) is 26.2 Å². The Kier molecular flexibility index (Phi) is 4.05. The summed E-state index contributed by atoms with van der Waals surface area (Å²) in [6, 6.07) is 9.36. The number of hydrogen-bond donors (Lipinski definition) is 2. The van der Waals surface area contributed by atoms with E-state index >= 15 is 0 Å². The minimum absolute atomic E-state index is 0.615. The lowest BCUT2D eigenvalue weighted by atomic mass is 10.1. The number of rotatable bonds is 4. The quantitative estimate of drug-likeness (QED) is 0.885. The largest absolute Gasteiger partial charge is 0.361 e. The molecular formula is C16H24N4. The van der Waals surface area contributed by atoms with Crippen molar-refractivity contribution in [2.24, 2.45) is 0 Å². The van der Waals surface area contributed by atoms with Crippen LogP contribution in [-0.2, 0) is 6.54 Å². The summed E-state index contributed by atoms with van der Waals surface area (Å²) in [5.74, 6) is 0. The Morgan fingerprint density at radius 1 is 1.25 bits per heavy atom. The van der Waals surface area contributed by atoms with E-state index in [1.165, 1.54) is 23.0 Å². The van der Waals surface area contributed by atoms with E-state index in [1.54, 1.807) is 0 Å². The highest BCUT2D eigenvalue weighted by molar-refractivity contribution is 5.79. The first-order chi connectivity index (χ1) is 9.72. The summed E-state index contributed by atoms with van der Waals surface area (Å²) in [5, 5.41) is 4.89. The number of hydrogen-bond acceptors (Lipinski definition) is 3. The highest BCUT2D eigenvalue weighted by Gasteiger charge is 2.21. The number of benzene rings is 1. The molecule has 1 unspecified atom stereocenters. The molecule has 0 spiro atoms. The number of aromatic nitrogens is 1. The predicted molar refractivity (Wildman–Crippen MR) is 83.9 cm³/mol. The third-order valence-corrected chi connectivity index (χ3v) is 4.31. The van der Waals surface area contributed by atoms with Crippen molar-refractivity contribution >= 4 is 10.9 Å². The standard InChI is InChI=1S/C16H24N4/c1-19-7-8-20(2)15(12-19)11-17-10-13-3-4-16-14(9-13)5-6-18-16/h3-6,9,15,17-18H,7-8,10-12H2,1-2H3. The second kappa shape index (κ2) is 5.95. The van der Waals surface area contributed by atoms with Gasteiger partial charge in [-0.05, 0) is 43.2 Å². The van der Waals surface area contributed by atoms with Crippen molar-refractivity contribution in [1.82, 2.24) is 20.1 Å². The number of piperazine rings is 1. The molecule has 1 aliphatic heterocycles. The summed E-state index contributed by atoms with van der Waals surface area (Å²) < 4.78 is 0. The maximum Gasteiger partial charge on any atom is 0.0454 e. The molecule has 20 heavy (non-hydrogen) atoms. The van der Waals surface area contributed by atoms with Crippen LogP contribution in [0.2, 0.25) is 0 Å². The highest BCUT2D eigenvalue weighted by Crippen LogP contribution is 2.14. The van der Waals surface area contributed by atoms with Crippen LogP contribution in [0.4, 0.5) is 0 Å². The number of nitrogens with zero attached hydrogens (tertiary/aromatic N) is 2. The van der Waals surface area contributed by atoms with Crippen LogP contribution in [0, 0.1) is 0 Å². The molecule has 2 aromatic rings. The van der Waals surface area contributed by atoms with E-state index in [0.29, 0.717) is 6.04 Å². The van der Waals surface area contributed by atoms with Gasteiger partial charge >= 0.3 is 0 Å². The number of aromatic amines is 1. The first-order valence-electron chi connectivity index (χ1n) is 7.38. The van der Waals surface area contributed by atoms with E-state index in [2.05, 4.69) is 58.5 Å². The van der Waals surface area contributed by atoms with E-state index in [4.69, 9.17) is 0 Å². The fourth-order valence-electron chi connectivity index (χ4n) is 2.92. The molecule has 3 rings (SSSR count). The fourth-order valence-corrected chi connectivity index (χ4v) is 2.92. The van der Waals surface area contributed by atoms with Crippen molar-refractivity contribution in [2.75, 3.05) is 40.3 Å². The smallest absolute Gasteiger partial charge is 0.0454 e. The lowest BCUT2D eigenvalue weighted by Crippen LogP contribution is -2.53. The van der Waals surface area contributed by atoms with Gasteiger partial charge in [-0.15, -0.1) is 0 Å². The van der Waals surface area contributed by atoms with Crippen LogP contribution in [0.1, 0.15) is 5.56 Å². The van der Waals surface area contributed by atoms with Gasteiger partial charge in [0.2, 0.25) is 0 Å². The van der Waals surface area contributed by atoms with Crippen LogP contribution in [0.25, 0.3) is 10.9 Å². The number of H-pyrrole nitrogens is 1. The molecule has 2 N–H and O–H groups in total. The average molecular weight is 272 g/mol. The topological polar surface area (TPSA) is 34.3 Å². The van der Waals surface area contributed by atoms with Crippen molar-refractivity contribution in [3.05, 3.63) is 36.0 Å². The first-order valence-corrected chi connectivity index (χ1v) is 7.38. The van der Waals surface area contributed by atoms with Gasteiger partial charge in [-0.25, -0.2) is 0 Å². The summed E-state index contributed by atoms with van der Waals surface area (Å²) in [5.41, 5.74) is 2.56. The molecule has 0 amide bonds. The molecule has 0 radical (unpaired) electrons. The zero-order valence-corrected chi connectivity index (χ0v) is 12.4. The molecule has 1 atom stereocenters. The first kappa shape index (κ1) is 13.6. The van der Waals surface area contributed by atoms with Gasteiger partial charge in [0.15, 0.2) is 0 Å². The molecule has 1 saturated heterocycles. The zero-order chi connectivity index (χ0) is 13.9. The molecule has 1 fully saturated rings. The lowest BCUT2D eigenvalue weighted by Gasteiger charge is -2.37. The Hall–Kier alpha value is -1.36. The van der Waals surface area contributed by atoms with Gasteiger partial charge < -0.3 is 15.2 Å². The van der Waals surface area contributed by atoms with Crippen molar-refractivity contribution in [3.63, 3.8) is 0 Å². The maximum atomic E-state index is 3.60. The van der Waals surface area contributed by atoms with E-state index in [-0.39, 0.29) is 0 Å². The molecule has 2 heterocycles. The summed E-state index contributed by atoms with van der Waals surface area (Å²) in [6.07, 6.45) is 1.99. The molecule has 1 aliphatic rings. The van der Waals surface area contributed by atoms with Crippen LogP contribution in [0.3, 0.4) is 0 Å². The van der Waals surface area contributed by atoms with Gasteiger partial charge in [0.25, 0.3) is 0 Å². The number of fused-ring (bicyclic) bond motifs is 1. The van der Waals surface area contributed by atoms with Crippen molar-refractivity contribution in [3.8, 4) is 0 Å². The molecule has 0 saturated carbocycles. The Bertz CT molecular complexity index is 562.